The average Bonchev–Trinajstić information content (AvgIpc) is 2.55. The lowest BCUT2D eigenvalue weighted by molar-refractivity contribution is 0.407. The first-order valence-corrected chi connectivity index (χ1v) is 9.14. The fourth-order valence-corrected chi connectivity index (χ4v) is 2.69. The molecular weight excluding hydrogens is 308 g/mol. The Morgan fingerprint density at radius 2 is 1.56 bits per heavy atom. The van der Waals surface area contributed by atoms with Gasteiger partial charge in [0, 0.05) is 5.56 Å². The van der Waals surface area contributed by atoms with Crippen molar-refractivity contribution >= 4 is 0 Å². The zero-order valence-electron chi connectivity index (χ0n) is 16.8. The molecule has 0 saturated heterocycles. The standard InChI is InChI=1S/C23H34O2/c1-17(2)9-7-10-18(3)11-8-12-19(4)13-14-21-16-22(24)20(5)15-23(21)25-6/h9,11,13,15-16,24H,7-8,10,12,14H2,1-6H3/b18-11+,19-13+. The molecule has 1 aromatic carbocycles. The summed E-state index contributed by atoms with van der Waals surface area (Å²) in [4.78, 5) is 0. The molecule has 0 spiro atoms. The number of hydrogen-bond donors (Lipinski definition) is 1. The summed E-state index contributed by atoms with van der Waals surface area (Å²) >= 11 is 0. The van der Waals surface area contributed by atoms with E-state index >= 15 is 0 Å². The number of aromatic hydroxyl groups is 1. The van der Waals surface area contributed by atoms with Gasteiger partial charge < -0.3 is 9.84 Å². The summed E-state index contributed by atoms with van der Waals surface area (Å²) in [5.74, 6) is 1.17. The third kappa shape index (κ3) is 8.11. The number of rotatable bonds is 9. The molecule has 0 saturated carbocycles. The van der Waals surface area contributed by atoms with Crippen LogP contribution in [-0.2, 0) is 6.42 Å². The Morgan fingerprint density at radius 1 is 0.960 bits per heavy atom. The molecule has 0 fully saturated rings. The van der Waals surface area contributed by atoms with E-state index in [9.17, 15) is 5.11 Å². The second-order valence-electron chi connectivity index (χ2n) is 7.11. The summed E-state index contributed by atoms with van der Waals surface area (Å²) < 4.78 is 5.43. The van der Waals surface area contributed by atoms with Gasteiger partial charge in [-0.05, 0) is 84.4 Å². The highest BCUT2D eigenvalue weighted by Crippen LogP contribution is 2.28. The van der Waals surface area contributed by atoms with Gasteiger partial charge >= 0.3 is 0 Å². The van der Waals surface area contributed by atoms with Gasteiger partial charge in [0.15, 0.2) is 0 Å². The van der Waals surface area contributed by atoms with Crippen LogP contribution in [0.2, 0.25) is 0 Å². The lowest BCUT2D eigenvalue weighted by Gasteiger charge is -2.10. The van der Waals surface area contributed by atoms with Gasteiger partial charge in [0.2, 0.25) is 0 Å². The van der Waals surface area contributed by atoms with Gasteiger partial charge in [-0.15, -0.1) is 0 Å². The number of ether oxygens (including phenoxy) is 1. The molecule has 138 valence electrons. The van der Waals surface area contributed by atoms with Gasteiger partial charge in [-0.3, -0.25) is 0 Å². The minimum atomic E-state index is 0.330. The largest absolute Gasteiger partial charge is 0.508 e. The van der Waals surface area contributed by atoms with Gasteiger partial charge in [-0.2, -0.15) is 0 Å². The van der Waals surface area contributed by atoms with Crippen molar-refractivity contribution in [3.05, 3.63) is 58.2 Å². The Morgan fingerprint density at radius 3 is 2.16 bits per heavy atom. The molecule has 0 aliphatic carbocycles. The summed E-state index contributed by atoms with van der Waals surface area (Å²) in [6, 6.07) is 3.71. The topological polar surface area (TPSA) is 29.5 Å². The Hall–Kier alpha value is -1.96. The first kappa shape index (κ1) is 21.1. The fraction of sp³-hybridized carbons (Fsp3) is 0.478. The molecule has 0 atom stereocenters. The second kappa shape index (κ2) is 10.8. The Balaban J connectivity index is 2.54. The summed E-state index contributed by atoms with van der Waals surface area (Å²) in [5, 5.41) is 9.90. The monoisotopic (exact) mass is 342 g/mol. The quantitative estimate of drug-likeness (QED) is 0.508. The molecule has 0 bridgehead atoms. The van der Waals surface area contributed by atoms with Gasteiger partial charge in [-0.25, -0.2) is 0 Å². The average molecular weight is 343 g/mol. The number of methoxy groups -OCH3 is 1. The maximum atomic E-state index is 9.90. The van der Waals surface area contributed by atoms with E-state index in [4.69, 9.17) is 4.74 Å². The molecule has 1 N–H and O–H groups in total. The van der Waals surface area contributed by atoms with Crippen molar-refractivity contribution < 1.29 is 9.84 Å². The third-order valence-electron chi connectivity index (χ3n) is 4.39. The molecule has 0 heterocycles. The number of allylic oxidation sites excluding steroid dienone is 6. The molecule has 0 aliphatic heterocycles. The van der Waals surface area contributed by atoms with Crippen molar-refractivity contribution in [3.63, 3.8) is 0 Å². The summed E-state index contributed by atoms with van der Waals surface area (Å²) in [5.41, 5.74) is 6.10. The minimum absolute atomic E-state index is 0.330. The van der Waals surface area contributed by atoms with Crippen molar-refractivity contribution in [2.75, 3.05) is 7.11 Å². The highest BCUT2D eigenvalue weighted by molar-refractivity contribution is 5.46. The van der Waals surface area contributed by atoms with Crippen LogP contribution in [0.25, 0.3) is 0 Å². The number of aryl methyl sites for hydroxylation is 1. The van der Waals surface area contributed by atoms with Crippen LogP contribution in [0.1, 0.15) is 64.5 Å². The second-order valence-corrected chi connectivity index (χ2v) is 7.11. The lowest BCUT2D eigenvalue weighted by atomic mass is 10.0. The van der Waals surface area contributed by atoms with Crippen LogP contribution in [0.15, 0.2) is 47.1 Å². The zero-order valence-corrected chi connectivity index (χ0v) is 16.8. The van der Waals surface area contributed by atoms with Crippen molar-refractivity contribution in [3.8, 4) is 11.5 Å². The third-order valence-corrected chi connectivity index (χ3v) is 4.39. The van der Waals surface area contributed by atoms with Gasteiger partial charge in [0.25, 0.3) is 0 Å². The van der Waals surface area contributed by atoms with Gasteiger partial charge in [0.1, 0.15) is 11.5 Å². The Bertz CT molecular complexity index is 644. The molecular formula is C23H34O2. The highest BCUT2D eigenvalue weighted by atomic mass is 16.5. The van der Waals surface area contributed by atoms with Crippen molar-refractivity contribution in [2.45, 2.75) is 66.7 Å². The smallest absolute Gasteiger partial charge is 0.122 e. The van der Waals surface area contributed by atoms with E-state index < -0.39 is 0 Å². The summed E-state index contributed by atoms with van der Waals surface area (Å²) in [6.07, 6.45) is 12.1. The van der Waals surface area contributed by atoms with Crippen LogP contribution in [-0.4, -0.2) is 12.2 Å². The van der Waals surface area contributed by atoms with Crippen LogP contribution in [0.3, 0.4) is 0 Å². The molecule has 0 aromatic heterocycles. The van der Waals surface area contributed by atoms with Crippen LogP contribution in [0, 0.1) is 6.92 Å². The van der Waals surface area contributed by atoms with Gasteiger partial charge in [0.05, 0.1) is 7.11 Å². The van der Waals surface area contributed by atoms with E-state index in [-0.39, 0.29) is 0 Å². The lowest BCUT2D eigenvalue weighted by Crippen LogP contribution is -1.93. The Kier molecular flexibility index (Phi) is 9.12. The normalized spacial score (nSPS) is 12.2. The zero-order chi connectivity index (χ0) is 18.8. The predicted molar refractivity (Wildman–Crippen MR) is 109 cm³/mol. The van der Waals surface area contributed by atoms with E-state index in [2.05, 4.69) is 45.9 Å². The molecule has 1 aromatic rings. The highest BCUT2D eigenvalue weighted by Gasteiger charge is 2.06. The number of hydrogen-bond acceptors (Lipinski definition) is 2. The molecule has 0 unspecified atom stereocenters. The minimum Gasteiger partial charge on any atom is -0.508 e. The summed E-state index contributed by atoms with van der Waals surface area (Å²) in [6.45, 7) is 10.6. The first-order chi connectivity index (χ1) is 11.8. The van der Waals surface area contributed by atoms with E-state index in [1.165, 1.54) is 16.7 Å². The molecule has 0 aliphatic rings. The van der Waals surface area contributed by atoms with Crippen molar-refractivity contribution in [1.29, 1.82) is 0 Å². The fourth-order valence-electron chi connectivity index (χ4n) is 2.69. The van der Waals surface area contributed by atoms with Crippen molar-refractivity contribution in [2.24, 2.45) is 0 Å². The molecule has 1 rings (SSSR count). The molecule has 2 nitrogen and oxygen atoms in total. The first-order valence-electron chi connectivity index (χ1n) is 9.14. The summed E-state index contributed by atoms with van der Waals surface area (Å²) in [7, 11) is 1.68. The maximum Gasteiger partial charge on any atom is 0.122 e. The number of benzene rings is 1. The van der Waals surface area contributed by atoms with Crippen LogP contribution in [0.4, 0.5) is 0 Å². The Labute approximate surface area is 153 Å². The number of phenolic OH excluding ortho intramolecular Hbond substituents is 1. The van der Waals surface area contributed by atoms with E-state index in [0.29, 0.717) is 5.75 Å². The molecule has 0 radical (unpaired) electrons. The maximum absolute atomic E-state index is 9.90. The molecule has 0 amide bonds. The van der Waals surface area contributed by atoms with Crippen LogP contribution < -0.4 is 4.74 Å². The van der Waals surface area contributed by atoms with Crippen molar-refractivity contribution in [1.82, 2.24) is 0 Å². The van der Waals surface area contributed by atoms with Gasteiger partial charge in [-0.1, -0.05) is 34.9 Å². The SMILES string of the molecule is COc1cc(C)c(O)cc1C/C=C(\C)CC/C=C(\C)CCC=C(C)C. The molecule has 25 heavy (non-hydrogen) atoms. The van der Waals surface area contributed by atoms with Crippen LogP contribution >= 0.6 is 0 Å². The molecule has 2 heteroatoms. The van der Waals surface area contributed by atoms with E-state index in [0.717, 1.165) is 49.0 Å². The van der Waals surface area contributed by atoms with E-state index in [1.807, 2.05) is 19.1 Å². The van der Waals surface area contributed by atoms with Crippen LogP contribution in [0.5, 0.6) is 11.5 Å². The predicted octanol–water partition coefficient (Wildman–Crippen LogP) is 6.67. The van der Waals surface area contributed by atoms with E-state index in [1.54, 1.807) is 7.11 Å². The number of phenols is 1.